The van der Waals surface area contributed by atoms with Crippen LogP contribution in [0.15, 0.2) is 23.7 Å². The summed E-state index contributed by atoms with van der Waals surface area (Å²) < 4.78 is 3.30. The van der Waals surface area contributed by atoms with Crippen molar-refractivity contribution < 1.29 is 5.11 Å². The van der Waals surface area contributed by atoms with Gasteiger partial charge in [0, 0.05) is 12.6 Å². The molecule has 2 aromatic rings. The van der Waals surface area contributed by atoms with Crippen molar-refractivity contribution in [3.63, 3.8) is 0 Å². The van der Waals surface area contributed by atoms with Crippen LogP contribution in [0.2, 0.25) is 0 Å². The number of halogens is 1. The van der Waals surface area contributed by atoms with Gasteiger partial charge in [-0.15, -0.1) is 11.3 Å². The summed E-state index contributed by atoms with van der Waals surface area (Å²) in [6.45, 7) is 0. The summed E-state index contributed by atoms with van der Waals surface area (Å²) in [5, 5.41) is 16.9. The molecular weight excluding hydrogens is 371 g/mol. The van der Waals surface area contributed by atoms with Gasteiger partial charge in [0.25, 0.3) is 0 Å². The van der Waals surface area contributed by atoms with Crippen molar-refractivity contribution >= 4 is 33.9 Å². The molecule has 1 aliphatic carbocycles. The zero-order valence-corrected chi connectivity index (χ0v) is 13.6. The van der Waals surface area contributed by atoms with E-state index in [1.807, 2.05) is 17.5 Å². The second-order valence-corrected chi connectivity index (χ2v) is 7.93. The number of aliphatic hydroxyl groups is 1. The number of thiophene rings is 1. The van der Waals surface area contributed by atoms with E-state index in [1.165, 1.54) is 28.6 Å². The summed E-state index contributed by atoms with van der Waals surface area (Å²) in [6, 6.07) is 4.66. The maximum absolute atomic E-state index is 10.2. The smallest absolute Gasteiger partial charge is 0.0854 e. The lowest BCUT2D eigenvalue weighted by Gasteiger charge is -2.09. The van der Waals surface area contributed by atoms with Crippen LogP contribution in [0.4, 0.5) is 0 Å². The maximum Gasteiger partial charge on any atom is 0.0854 e. The molecule has 1 N–H and O–H groups in total. The lowest BCUT2D eigenvalue weighted by Crippen LogP contribution is -2.07. The molecule has 3 nitrogen and oxygen atoms in total. The maximum atomic E-state index is 10.2. The standard InChI is InChI=1S/C14H17IN2OS/c15-14-7-10(9-19-14)13(18)8-11-5-6-17(16-11)12-3-1-2-4-12/h5-7,9,12-13,18H,1-4,8H2. The normalized spacial score (nSPS) is 18.0. The van der Waals surface area contributed by atoms with E-state index in [1.54, 1.807) is 11.3 Å². The summed E-state index contributed by atoms with van der Waals surface area (Å²) in [5.74, 6) is 0. The third-order valence-corrected chi connectivity index (χ3v) is 5.54. The van der Waals surface area contributed by atoms with Gasteiger partial charge >= 0.3 is 0 Å². The van der Waals surface area contributed by atoms with Crippen LogP contribution >= 0.6 is 33.9 Å². The number of nitrogens with zero attached hydrogens (tertiary/aromatic N) is 2. The first-order valence-corrected chi connectivity index (χ1v) is 8.64. The van der Waals surface area contributed by atoms with Gasteiger partial charge in [-0.1, -0.05) is 12.8 Å². The van der Waals surface area contributed by atoms with Gasteiger partial charge in [-0.25, -0.2) is 0 Å². The molecule has 2 aromatic heterocycles. The number of rotatable bonds is 4. The monoisotopic (exact) mass is 388 g/mol. The molecule has 1 saturated carbocycles. The fraction of sp³-hybridized carbons (Fsp3) is 0.500. The van der Waals surface area contributed by atoms with E-state index in [0.29, 0.717) is 12.5 Å². The number of aromatic nitrogens is 2. The molecule has 1 aliphatic rings. The Morgan fingerprint density at radius 3 is 2.95 bits per heavy atom. The Bertz CT molecular complexity index is 545. The summed E-state index contributed by atoms with van der Waals surface area (Å²) in [7, 11) is 0. The molecule has 0 bridgehead atoms. The van der Waals surface area contributed by atoms with Crippen molar-refractivity contribution in [2.45, 2.75) is 44.2 Å². The summed E-state index contributed by atoms with van der Waals surface area (Å²) in [6.07, 6.45) is 7.35. The minimum absolute atomic E-state index is 0.438. The first-order valence-electron chi connectivity index (χ1n) is 6.68. The van der Waals surface area contributed by atoms with Crippen molar-refractivity contribution in [3.05, 3.63) is 37.9 Å². The van der Waals surface area contributed by atoms with Crippen LogP contribution in [-0.4, -0.2) is 14.9 Å². The molecule has 1 unspecified atom stereocenters. The fourth-order valence-corrected chi connectivity index (χ4v) is 4.09. The van der Waals surface area contributed by atoms with E-state index in [2.05, 4.69) is 38.6 Å². The first kappa shape index (κ1) is 13.6. The lowest BCUT2D eigenvalue weighted by atomic mass is 10.1. The molecule has 1 atom stereocenters. The average molecular weight is 388 g/mol. The highest BCUT2D eigenvalue weighted by Crippen LogP contribution is 2.29. The Labute approximate surface area is 130 Å². The SMILES string of the molecule is OC(Cc1ccn(C2CCCC2)n1)c1csc(I)c1. The van der Waals surface area contributed by atoms with Crippen molar-refractivity contribution in [1.82, 2.24) is 9.78 Å². The van der Waals surface area contributed by atoms with Crippen LogP contribution in [0, 0.1) is 2.88 Å². The van der Waals surface area contributed by atoms with E-state index in [0.717, 1.165) is 11.3 Å². The van der Waals surface area contributed by atoms with Gasteiger partial charge in [-0.3, -0.25) is 4.68 Å². The molecule has 0 saturated heterocycles. The topological polar surface area (TPSA) is 38.0 Å². The highest BCUT2D eigenvalue weighted by Gasteiger charge is 2.18. The Balaban J connectivity index is 1.66. The van der Waals surface area contributed by atoms with Gasteiger partial charge in [0.2, 0.25) is 0 Å². The first-order chi connectivity index (χ1) is 9.22. The Morgan fingerprint density at radius 1 is 1.47 bits per heavy atom. The Morgan fingerprint density at radius 2 is 2.26 bits per heavy atom. The molecule has 0 spiro atoms. The zero-order valence-electron chi connectivity index (χ0n) is 10.6. The molecule has 0 amide bonds. The highest BCUT2D eigenvalue weighted by molar-refractivity contribution is 14.1. The van der Waals surface area contributed by atoms with Crippen molar-refractivity contribution in [2.75, 3.05) is 0 Å². The van der Waals surface area contributed by atoms with Gasteiger partial charge in [0.15, 0.2) is 0 Å². The molecule has 2 heterocycles. The fourth-order valence-electron chi connectivity index (χ4n) is 2.67. The van der Waals surface area contributed by atoms with Crippen LogP contribution in [-0.2, 0) is 6.42 Å². The van der Waals surface area contributed by atoms with Crippen molar-refractivity contribution in [1.29, 1.82) is 0 Å². The third kappa shape index (κ3) is 3.20. The van der Waals surface area contributed by atoms with Crippen LogP contribution in [0.25, 0.3) is 0 Å². The number of aliphatic hydroxyl groups excluding tert-OH is 1. The molecule has 1 fully saturated rings. The van der Waals surface area contributed by atoms with Crippen LogP contribution in [0.5, 0.6) is 0 Å². The molecular formula is C14H17IN2OS. The quantitative estimate of drug-likeness (QED) is 0.806. The van der Waals surface area contributed by atoms with Crippen LogP contribution < -0.4 is 0 Å². The Kier molecular flexibility index (Phi) is 4.24. The predicted molar refractivity (Wildman–Crippen MR) is 85.4 cm³/mol. The minimum Gasteiger partial charge on any atom is -0.388 e. The molecule has 19 heavy (non-hydrogen) atoms. The molecule has 0 aliphatic heterocycles. The second-order valence-electron chi connectivity index (χ2n) is 5.13. The second kappa shape index (κ2) is 5.93. The molecule has 0 aromatic carbocycles. The minimum atomic E-state index is -0.438. The van der Waals surface area contributed by atoms with E-state index >= 15 is 0 Å². The van der Waals surface area contributed by atoms with Gasteiger partial charge in [0.1, 0.15) is 0 Å². The van der Waals surface area contributed by atoms with E-state index in [4.69, 9.17) is 0 Å². The lowest BCUT2D eigenvalue weighted by molar-refractivity contribution is 0.177. The number of hydrogen-bond donors (Lipinski definition) is 1. The Hall–Kier alpha value is -0.400. The summed E-state index contributed by atoms with van der Waals surface area (Å²) in [5.41, 5.74) is 1.99. The molecule has 0 radical (unpaired) electrons. The average Bonchev–Trinajstić information content (AvgIpc) is 3.07. The predicted octanol–water partition coefficient (Wildman–Crippen LogP) is 3.94. The van der Waals surface area contributed by atoms with E-state index in [9.17, 15) is 5.11 Å². The largest absolute Gasteiger partial charge is 0.388 e. The van der Waals surface area contributed by atoms with Gasteiger partial charge in [0.05, 0.1) is 20.7 Å². The molecule has 3 rings (SSSR count). The molecule has 102 valence electrons. The van der Waals surface area contributed by atoms with E-state index in [-0.39, 0.29) is 0 Å². The summed E-state index contributed by atoms with van der Waals surface area (Å²) in [4.78, 5) is 0. The molecule has 5 heteroatoms. The van der Waals surface area contributed by atoms with E-state index < -0.39 is 6.10 Å². The summed E-state index contributed by atoms with van der Waals surface area (Å²) >= 11 is 3.95. The third-order valence-electron chi connectivity index (χ3n) is 3.74. The van der Waals surface area contributed by atoms with Gasteiger partial charge in [-0.2, -0.15) is 5.10 Å². The zero-order chi connectivity index (χ0) is 13.2. The van der Waals surface area contributed by atoms with Crippen LogP contribution in [0.1, 0.15) is 49.1 Å². The van der Waals surface area contributed by atoms with Crippen LogP contribution in [0.3, 0.4) is 0 Å². The van der Waals surface area contributed by atoms with Gasteiger partial charge in [-0.05, 0) is 58.5 Å². The highest BCUT2D eigenvalue weighted by atomic mass is 127. The van der Waals surface area contributed by atoms with Gasteiger partial charge < -0.3 is 5.11 Å². The van der Waals surface area contributed by atoms with Crippen molar-refractivity contribution in [3.8, 4) is 0 Å². The number of hydrogen-bond acceptors (Lipinski definition) is 3. The van der Waals surface area contributed by atoms with Crippen molar-refractivity contribution in [2.24, 2.45) is 0 Å².